The molecule has 4 aromatic carbocycles. The van der Waals surface area contributed by atoms with Gasteiger partial charge in [-0.05, 0) is 59.7 Å². The van der Waals surface area contributed by atoms with Crippen molar-refractivity contribution in [1.29, 1.82) is 0 Å². The molecule has 0 radical (unpaired) electrons. The minimum atomic E-state index is -0.877. The molecule has 0 bridgehead atoms. The zero-order valence-electron chi connectivity index (χ0n) is 20.7. The Morgan fingerprint density at radius 3 is 1.97 bits per heavy atom. The van der Waals surface area contributed by atoms with E-state index < -0.39 is 5.97 Å². The molecule has 1 heterocycles. The minimum absolute atomic E-state index is 0.0279. The van der Waals surface area contributed by atoms with E-state index in [1.165, 1.54) is 0 Å². The average molecular weight is 506 g/mol. The SMILES string of the molecule is O=C(O)Cn1ccc2cc(OCCCOc3ccc(C(=O)c4ccc(-c5ccccc5)cc4)cc3)ccc21. The lowest BCUT2D eigenvalue weighted by atomic mass is 9.99. The molecule has 6 heteroatoms. The monoisotopic (exact) mass is 505 g/mol. The molecular formula is C32H27NO5. The second kappa shape index (κ2) is 11.5. The number of hydrogen-bond acceptors (Lipinski definition) is 4. The lowest BCUT2D eigenvalue weighted by Gasteiger charge is -2.09. The van der Waals surface area contributed by atoms with Crippen molar-refractivity contribution in [3.8, 4) is 22.6 Å². The van der Waals surface area contributed by atoms with Gasteiger partial charge in [0.2, 0.25) is 0 Å². The molecule has 0 aliphatic heterocycles. The van der Waals surface area contributed by atoms with Crippen molar-refractivity contribution in [2.45, 2.75) is 13.0 Å². The van der Waals surface area contributed by atoms with Gasteiger partial charge in [-0.2, -0.15) is 0 Å². The van der Waals surface area contributed by atoms with Gasteiger partial charge in [0.15, 0.2) is 5.78 Å². The van der Waals surface area contributed by atoms with E-state index in [-0.39, 0.29) is 12.3 Å². The summed E-state index contributed by atoms with van der Waals surface area (Å²) in [6, 6.07) is 32.4. The number of fused-ring (bicyclic) bond motifs is 1. The lowest BCUT2D eigenvalue weighted by Crippen LogP contribution is -2.07. The van der Waals surface area contributed by atoms with E-state index in [1.807, 2.05) is 91.0 Å². The molecule has 38 heavy (non-hydrogen) atoms. The summed E-state index contributed by atoms with van der Waals surface area (Å²) >= 11 is 0. The molecule has 0 spiro atoms. The van der Waals surface area contributed by atoms with Crippen molar-refractivity contribution < 1.29 is 24.2 Å². The van der Waals surface area contributed by atoms with Crippen LogP contribution in [0.2, 0.25) is 0 Å². The Morgan fingerprint density at radius 2 is 1.29 bits per heavy atom. The number of benzene rings is 4. The van der Waals surface area contributed by atoms with Crippen LogP contribution in [0.4, 0.5) is 0 Å². The van der Waals surface area contributed by atoms with Crippen LogP contribution in [0, 0.1) is 0 Å². The first-order valence-electron chi connectivity index (χ1n) is 12.4. The smallest absolute Gasteiger partial charge is 0.323 e. The Labute approximate surface area is 220 Å². The maximum atomic E-state index is 12.9. The quantitative estimate of drug-likeness (QED) is 0.164. The minimum Gasteiger partial charge on any atom is -0.493 e. The van der Waals surface area contributed by atoms with Crippen LogP contribution in [0.5, 0.6) is 11.5 Å². The molecule has 5 rings (SSSR count). The molecule has 190 valence electrons. The molecule has 0 atom stereocenters. The standard InChI is InChI=1S/C32H27NO5/c34-31(35)22-33-18-17-27-21-29(15-16-30(27)33)38-20-4-19-37-28-13-11-26(12-14-28)32(36)25-9-7-24(8-10-25)23-5-2-1-3-6-23/h1-3,5-18,21H,4,19-20,22H2,(H,34,35). The number of carbonyl (C=O) groups is 2. The number of aliphatic carboxylic acids is 1. The lowest BCUT2D eigenvalue weighted by molar-refractivity contribution is -0.137. The fourth-order valence-corrected chi connectivity index (χ4v) is 4.30. The van der Waals surface area contributed by atoms with Crippen LogP contribution >= 0.6 is 0 Å². The van der Waals surface area contributed by atoms with Gasteiger partial charge in [-0.25, -0.2) is 0 Å². The van der Waals surface area contributed by atoms with Gasteiger partial charge in [0.05, 0.1) is 13.2 Å². The third-order valence-electron chi connectivity index (χ3n) is 6.24. The van der Waals surface area contributed by atoms with Crippen molar-refractivity contribution >= 4 is 22.7 Å². The first kappa shape index (κ1) is 24.8. The van der Waals surface area contributed by atoms with Crippen molar-refractivity contribution in [1.82, 2.24) is 4.57 Å². The number of hydrogen-bond donors (Lipinski definition) is 1. The highest BCUT2D eigenvalue weighted by Crippen LogP contribution is 2.23. The topological polar surface area (TPSA) is 77.8 Å². The second-order valence-electron chi connectivity index (χ2n) is 8.91. The van der Waals surface area contributed by atoms with E-state index in [0.717, 1.165) is 27.8 Å². The van der Waals surface area contributed by atoms with Gasteiger partial charge in [0, 0.05) is 34.6 Å². The van der Waals surface area contributed by atoms with Crippen LogP contribution < -0.4 is 9.47 Å². The largest absolute Gasteiger partial charge is 0.493 e. The van der Waals surface area contributed by atoms with Gasteiger partial charge in [-0.1, -0.05) is 54.6 Å². The third-order valence-corrected chi connectivity index (χ3v) is 6.24. The second-order valence-corrected chi connectivity index (χ2v) is 8.91. The summed E-state index contributed by atoms with van der Waals surface area (Å²) in [5.41, 5.74) is 4.31. The predicted molar refractivity (Wildman–Crippen MR) is 147 cm³/mol. The van der Waals surface area contributed by atoms with E-state index >= 15 is 0 Å². The van der Waals surface area contributed by atoms with E-state index in [4.69, 9.17) is 14.6 Å². The third kappa shape index (κ3) is 5.93. The van der Waals surface area contributed by atoms with E-state index in [9.17, 15) is 9.59 Å². The van der Waals surface area contributed by atoms with Crippen LogP contribution in [-0.4, -0.2) is 34.6 Å². The fraction of sp³-hybridized carbons (Fsp3) is 0.125. The number of carboxylic acids is 1. The summed E-state index contributed by atoms with van der Waals surface area (Å²) in [4.78, 5) is 23.9. The number of nitrogens with zero attached hydrogens (tertiary/aromatic N) is 1. The number of aromatic nitrogens is 1. The summed E-state index contributed by atoms with van der Waals surface area (Å²) in [6.07, 6.45) is 2.45. The molecular weight excluding hydrogens is 478 g/mol. The van der Waals surface area contributed by atoms with Gasteiger partial charge < -0.3 is 19.1 Å². The Balaban J connectivity index is 1.08. The summed E-state index contributed by atoms with van der Waals surface area (Å²) in [7, 11) is 0. The molecule has 5 aromatic rings. The van der Waals surface area contributed by atoms with Crippen LogP contribution in [0.25, 0.3) is 22.0 Å². The number of carboxylic acid groups (broad SMARTS) is 1. The zero-order chi connectivity index (χ0) is 26.3. The molecule has 6 nitrogen and oxygen atoms in total. The van der Waals surface area contributed by atoms with Crippen molar-refractivity contribution in [3.63, 3.8) is 0 Å². The molecule has 0 unspecified atom stereocenters. The molecule has 0 fully saturated rings. The maximum absolute atomic E-state index is 12.9. The maximum Gasteiger partial charge on any atom is 0.323 e. The van der Waals surface area contributed by atoms with Crippen LogP contribution in [0.1, 0.15) is 22.3 Å². The average Bonchev–Trinajstić information content (AvgIpc) is 3.34. The van der Waals surface area contributed by atoms with E-state index in [0.29, 0.717) is 36.5 Å². The van der Waals surface area contributed by atoms with Gasteiger partial charge in [-0.15, -0.1) is 0 Å². The van der Waals surface area contributed by atoms with Crippen LogP contribution in [0.3, 0.4) is 0 Å². The molecule has 1 N–H and O–H groups in total. The summed E-state index contributed by atoms with van der Waals surface area (Å²) in [6.45, 7) is 0.889. The first-order chi connectivity index (χ1) is 18.6. The zero-order valence-corrected chi connectivity index (χ0v) is 20.7. The van der Waals surface area contributed by atoms with Gasteiger partial charge >= 0.3 is 5.97 Å². The van der Waals surface area contributed by atoms with Crippen molar-refractivity contribution in [3.05, 3.63) is 120 Å². The highest BCUT2D eigenvalue weighted by Gasteiger charge is 2.10. The summed E-state index contributed by atoms with van der Waals surface area (Å²) in [5, 5.41) is 9.93. The number of rotatable bonds is 11. The highest BCUT2D eigenvalue weighted by atomic mass is 16.5. The van der Waals surface area contributed by atoms with E-state index in [2.05, 4.69) is 0 Å². The summed E-state index contributed by atoms with van der Waals surface area (Å²) in [5.74, 6) is 0.519. The Kier molecular flexibility index (Phi) is 7.50. The number of ether oxygens (including phenoxy) is 2. The molecule has 1 aromatic heterocycles. The van der Waals surface area contributed by atoms with Gasteiger partial charge in [0.25, 0.3) is 0 Å². The van der Waals surface area contributed by atoms with Crippen molar-refractivity contribution in [2.75, 3.05) is 13.2 Å². The Bertz CT molecular complexity index is 1540. The van der Waals surface area contributed by atoms with Crippen LogP contribution in [-0.2, 0) is 11.3 Å². The molecule has 0 saturated heterocycles. The molecule has 0 aliphatic rings. The normalized spacial score (nSPS) is 10.8. The molecule has 0 saturated carbocycles. The summed E-state index contributed by atoms with van der Waals surface area (Å²) < 4.78 is 13.3. The molecule has 0 amide bonds. The van der Waals surface area contributed by atoms with E-state index in [1.54, 1.807) is 22.9 Å². The number of carbonyl (C=O) groups excluding carboxylic acids is 1. The van der Waals surface area contributed by atoms with Gasteiger partial charge in [-0.3, -0.25) is 9.59 Å². The highest BCUT2D eigenvalue weighted by molar-refractivity contribution is 6.09. The molecule has 0 aliphatic carbocycles. The van der Waals surface area contributed by atoms with Crippen molar-refractivity contribution in [2.24, 2.45) is 0 Å². The predicted octanol–water partition coefficient (Wildman–Crippen LogP) is 6.47. The Morgan fingerprint density at radius 1 is 0.684 bits per heavy atom. The first-order valence-corrected chi connectivity index (χ1v) is 12.4. The Hall–Kier alpha value is -4.84. The number of ketones is 1. The van der Waals surface area contributed by atoms with Crippen LogP contribution in [0.15, 0.2) is 109 Å². The fourth-order valence-electron chi connectivity index (χ4n) is 4.30. The van der Waals surface area contributed by atoms with Gasteiger partial charge in [0.1, 0.15) is 18.0 Å².